The first-order chi connectivity index (χ1) is 4.61. The van der Waals surface area contributed by atoms with E-state index in [1.54, 1.807) is 0 Å². The van der Waals surface area contributed by atoms with Gasteiger partial charge in [-0.05, 0) is 20.8 Å². The van der Waals surface area contributed by atoms with Crippen LogP contribution in [-0.4, -0.2) is 10.2 Å². The Morgan fingerprint density at radius 2 is 1.40 bits per heavy atom. The Hall–Kier alpha value is -0.563. The molecule has 0 aliphatic carbocycles. The highest BCUT2D eigenvalue weighted by molar-refractivity contribution is 6.34. The quantitative estimate of drug-likeness (QED) is 0.480. The lowest BCUT2D eigenvalue weighted by Gasteiger charge is -2.04. The van der Waals surface area contributed by atoms with Gasteiger partial charge in [-0.3, -0.25) is 0 Å². The number of hydrogen-bond acceptors (Lipinski definition) is 0. The largest absolute Gasteiger partial charge is 0.0640 e. The molecule has 0 aromatic heterocycles. The summed E-state index contributed by atoms with van der Waals surface area (Å²) in [6.07, 6.45) is 0. The number of benzene rings is 1. The Morgan fingerprint density at radius 1 is 1.00 bits per heavy atom. The molecule has 0 aliphatic rings. The van der Waals surface area contributed by atoms with E-state index in [-0.39, 0.29) is 0 Å². The van der Waals surface area contributed by atoms with Crippen LogP contribution in [0.2, 0.25) is 0 Å². The van der Waals surface area contributed by atoms with Gasteiger partial charge in [-0.1, -0.05) is 34.0 Å². The molecule has 1 radical (unpaired) electrons. The fourth-order valence-electron chi connectivity index (χ4n) is 1.21. The van der Waals surface area contributed by atoms with E-state index in [2.05, 4.69) is 32.9 Å². The lowest BCUT2D eigenvalue weighted by Crippen LogP contribution is -2.11. The number of aryl methyl sites for hydroxylation is 3. The van der Waals surface area contributed by atoms with Crippen molar-refractivity contribution in [2.45, 2.75) is 20.8 Å². The average molecular weight is 149 g/mol. The van der Waals surface area contributed by atoms with Gasteiger partial charge in [0, 0.05) is 10.2 Å². The van der Waals surface area contributed by atoms with E-state index in [1.165, 1.54) is 21.9 Å². The van der Waals surface area contributed by atoms with Crippen LogP contribution >= 0.6 is 0 Å². The van der Waals surface area contributed by atoms with Crippen LogP contribution in [0, 0.1) is 20.8 Å². The van der Waals surface area contributed by atoms with Crippen molar-refractivity contribution in [3.8, 4) is 0 Å². The van der Waals surface area contributed by atoms with Crippen molar-refractivity contribution in [1.82, 2.24) is 0 Å². The van der Waals surface area contributed by atoms with Gasteiger partial charge >= 0.3 is 0 Å². The topological polar surface area (TPSA) is 0 Å². The highest BCUT2D eigenvalue weighted by Crippen LogP contribution is 2.03. The summed E-state index contributed by atoms with van der Waals surface area (Å²) in [4.78, 5) is 0. The van der Waals surface area contributed by atoms with E-state index >= 15 is 0 Å². The monoisotopic (exact) mass is 149 g/mol. The fourth-order valence-corrected chi connectivity index (χ4v) is 1.41. The van der Waals surface area contributed by atoms with Gasteiger partial charge in [-0.2, -0.15) is 0 Å². The van der Waals surface area contributed by atoms with Crippen LogP contribution in [0.3, 0.4) is 0 Å². The summed E-state index contributed by atoms with van der Waals surface area (Å²) >= 11 is 0. The fraction of sp³-hybridized carbons (Fsp3) is 0.333. The van der Waals surface area contributed by atoms with Crippen molar-refractivity contribution in [2.24, 2.45) is 0 Å². The van der Waals surface area contributed by atoms with Gasteiger partial charge in [0.2, 0.25) is 0 Å². The second kappa shape index (κ2) is 2.58. The molecule has 0 unspecified atom stereocenters. The molecule has 0 heterocycles. The summed E-state index contributed by atoms with van der Waals surface area (Å²) in [5.74, 6) is 0. The SMILES string of the molecule is Cc1cc(C)c([SiH2])c(C)c1. The van der Waals surface area contributed by atoms with Crippen LogP contribution in [0.25, 0.3) is 0 Å². The highest BCUT2D eigenvalue weighted by Gasteiger charge is 1.95. The lowest BCUT2D eigenvalue weighted by atomic mass is 10.1. The van der Waals surface area contributed by atoms with Crippen molar-refractivity contribution < 1.29 is 0 Å². The van der Waals surface area contributed by atoms with Crippen LogP contribution < -0.4 is 5.19 Å². The summed E-state index contributed by atoms with van der Waals surface area (Å²) in [7, 11) is 1.97. The minimum Gasteiger partial charge on any atom is -0.0640 e. The van der Waals surface area contributed by atoms with Crippen molar-refractivity contribution in [3.63, 3.8) is 0 Å². The first kappa shape index (κ1) is 7.54. The van der Waals surface area contributed by atoms with E-state index in [4.69, 9.17) is 0 Å². The van der Waals surface area contributed by atoms with Gasteiger partial charge in [0.05, 0.1) is 0 Å². The maximum Gasteiger partial charge on any atom is 0.0484 e. The smallest absolute Gasteiger partial charge is 0.0484 e. The summed E-state index contributed by atoms with van der Waals surface area (Å²) in [6, 6.07) is 4.46. The molecule has 0 amide bonds. The molecule has 10 heavy (non-hydrogen) atoms. The second-order valence-corrected chi connectivity index (χ2v) is 3.58. The molecule has 0 N–H and O–H groups in total. The molecule has 0 spiro atoms. The molecule has 1 rings (SSSR count). The molecule has 0 bridgehead atoms. The van der Waals surface area contributed by atoms with Gasteiger partial charge in [0.15, 0.2) is 0 Å². The zero-order chi connectivity index (χ0) is 7.72. The standard InChI is InChI=1S/C9H13Si/c1-6-4-7(2)9(10)8(3)5-6/h4-5H,10H2,1-3H3. The maximum absolute atomic E-state index is 2.23. The van der Waals surface area contributed by atoms with E-state index in [0.717, 1.165) is 0 Å². The third-order valence-electron chi connectivity index (χ3n) is 1.84. The Morgan fingerprint density at radius 3 is 1.80 bits per heavy atom. The molecule has 0 saturated carbocycles. The predicted octanol–water partition coefficient (Wildman–Crippen LogP) is 0.870. The summed E-state index contributed by atoms with van der Waals surface area (Å²) in [5, 5.41) is 1.45. The van der Waals surface area contributed by atoms with Crippen LogP contribution in [0.4, 0.5) is 0 Å². The Labute approximate surface area is 65.7 Å². The van der Waals surface area contributed by atoms with Gasteiger partial charge in [-0.25, -0.2) is 0 Å². The van der Waals surface area contributed by atoms with Gasteiger partial charge in [0.1, 0.15) is 0 Å². The molecule has 1 heteroatoms. The van der Waals surface area contributed by atoms with Crippen molar-refractivity contribution in [1.29, 1.82) is 0 Å². The molecule has 0 atom stereocenters. The number of hydrogen-bond donors (Lipinski definition) is 0. The summed E-state index contributed by atoms with van der Waals surface area (Å²) in [5.41, 5.74) is 4.19. The average Bonchev–Trinajstić information content (AvgIpc) is 1.82. The zero-order valence-electron chi connectivity index (χ0n) is 6.86. The summed E-state index contributed by atoms with van der Waals surface area (Å²) < 4.78 is 0. The van der Waals surface area contributed by atoms with Gasteiger partial charge < -0.3 is 0 Å². The minimum atomic E-state index is 1.37. The van der Waals surface area contributed by atoms with E-state index < -0.39 is 0 Å². The molecular formula is C9H13Si. The van der Waals surface area contributed by atoms with Crippen LogP contribution in [0.1, 0.15) is 16.7 Å². The Kier molecular flexibility index (Phi) is 1.95. The van der Waals surface area contributed by atoms with E-state index in [1.807, 2.05) is 10.2 Å². The van der Waals surface area contributed by atoms with Crippen LogP contribution in [0.5, 0.6) is 0 Å². The third-order valence-corrected chi connectivity index (χ3v) is 2.96. The normalized spacial score (nSPS) is 10.0. The summed E-state index contributed by atoms with van der Waals surface area (Å²) in [6.45, 7) is 6.48. The minimum absolute atomic E-state index is 1.37. The van der Waals surface area contributed by atoms with Crippen molar-refractivity contribution in [3.05, 3.63) is 28.8 Å². The van der Waals surface area contributed by atoms with Gasteiger partial charge in [-0.15, -0.1) is 0 Å². The Balaban J connectivity index is 3.31. The highest BCUT2D eigenvalue weighted by atomic mass is 28.1. The van der Waals surface area contributed by atoms with E-state index in [9.17, 15) is 0 Å². The van der Waals surface area contributed by atoms with Crippen LogP contribution in [0.15, 0.2) is 12.1 Å². The molecule has 0 aliphatic heterocycles. The number of rotatable bonds is 0. The molecule has 0 saturated heterocycles. The molecule has 1 aromatic carbocycles. The molecule has 0 nitrogen and oxygen atoms in total. The predicted molar refractivity (Wildman–Crippen MR) is 48.8 cm³/mol. The van der Waals surface area contributed by atoms with Gasteiger partial charge in [0.25, 0.3) is 0 Å². The van der Waals surface area contributed by atoms with Crippen LogP contribution in [-0.2, 0) is 0 Å². The maximum atomic E-state index is 2.23. The zero-order valence-corrected chi connectivity index (χ0v) is 8.28. The first-order valence-electron chi connectivity index (χ1n) is 3.51. The van der Waals surface area contributed by atoms with Crippen molar-refractivity contribution in [2.75, 3.05) is 0 Å². The first-order valence-corrected chi connectivity index (χ1v) is 4.22. The molecule has 0 fully saturated rings. The Bertz CT molecular complexity index is 228. The third kappa shape index (κ3) is 1.29. The lowest BCUT2D eigenvalue weighted by molar-refractivity contribution is 1.35. The molecule has 1 aromatic rings. The second-order valence-electron chi connectivity index (χ2n) is 2.88. The molecular weight excluding hydrogens is 136 g/mol. The van der Waals surface area contributed by atoms with Crippen molar-refractivity contribution >= 4 is 15.4 Å². The molecule has 53 valence electrons. The van der Waals surface area contributed by atoms with E-state index in [0.29, 0.717) is 0 Å².